The molecule has 1 aromatic carbocycles. The Labute approximate surface area is 128 Å². The van der Waals surface area contributed by atoms with Crippen molar-refractivity contribution in [2.75, 3.05) is 19.7 Å². The molecule has 0 saturated carbocycles. The Bertz CT molecular complexity index is 655. The van der Waals surface area contributed by atoms with E-state index in [0.717, 1.165) is 11.3 Å². The summed E-state index contributed by atoms with van der Waals surface area (Å²) in [5.74, 6) is -0.332. The molecule has 1 saturated heterocycles. The number of pyridine rings is 1. The van der Waals surface area contributed by atoms with Crippen LogP contribution in [0.15, 0.2) is 42.6 Å². The van der Waals surface area contributed by atoms with Crippen molar-refractivity contribution in [3.63, 3.8) is 0 Å². The highest BCUT2D eigenvalue weighted by atomic mass is 19.1. The Morgan fingerprint density at radius 3 is 2.73 bits per heavy atom. The zero-order valence-corrected chi connectivity index (χ0v) is 12.3. The number of aromatic nitrogens is 1. The first-order chi connectivity index (χ1) is 10.6. The first kappa shape index (κ1) is 14.7. The van der Waals surface area contributed by atoms with E-state index in [0.29, 0.717) is 25.3 Å². The molecule has 4 nitrogen and oxygen atoms in total. The fourth-order valence-electron chi connectivity index (χ4n) is 2.49. The fourth-order valence-corrected chi connectivity index (χ4v) is 2.49. The van der Waals surface area contributed by atoms with Gasteiger partial charge in [0.2, 0.25) is 0 Å². The summed E-state index contributed by atoms with van der Waals surface area (Å²) in [4.78, 5) is 18.4. The maximum Gasteiger partial charge on any atom is 0.255 e. The van der Waals surface area contributed by atoms with Crippen LogP contribution in [0.5, 0.6) is 0 Å². The number of hydrogen-bond acceptors (Lipinski definition) is 3. The summed E-state index contributed by atoms with van der Waals surface area (Å²) < 4.78 is 18.7. The topological polar surface area (TPSA) is 42.4 Å². The molecule has 0 bridgehead atoms. The number of amides is 1. The Balaban J connectivity index is 1.73. The second-order valence-electron chi connectivity index (χ2n) is 5.35. The highest BCUT2D eigenvalue weighted by Crippen LogP contribution is 2.23. The minimum atomic E-state index is -0.279. The molecule has 1 aliphatic rings. The SMILES string of the molecule is Cc1ccc(C(=O)N2CCOC(c3ccc(F)cc3)C2)cn1. The van der Waals surface area contributed by atoms with Gasteiger partial charge in [-0.25, -0.2) is 4.39 Å². The minimum Gasteiger partial charge on any atom is -0.370 e. The van der Waals surface area contributed by atoms with Gasteiger partial charge in [-0.15, -0.1) is 0 Å². The van der Waals surface area contributed by atoms with Crippen molar-refractivity contribution in [3.05, 3.63) is 65.2 Å². The summed E-state index contributed by atoms with van der Waals surface area (Å²) in [7, 11) is 0. The molecular formula is C17H17FN2O2. The lowest BCUT2D eigenvalue weighted by molar-refractivity contribution is -0.0228. The van der Waals surface area contributed by atoms with Crippen molar-refractivity contribution in [1.82, 2.24) is 9.88 Å². The third-order valence-corrected chi connectivity index (χ3v) is 3.75. The van der Waals surface area contributed by atoms with E-state index in [9.17, 15) is 9.18 Å². The van der Waals surface area contributed by atoms with Crippen LogP contribution in [-0.4, -0.2) is 35.5 Å². The van der Waals surface area contributed by atoms with Crippen LogP contribution in [-0.2, 0) is 4.74 Å². The van der Waals surface area contributed by atoms with Crippen LogP contribution in [0.3, 0.4) is 0 Å². The van der Waals surface area contributed by atoms with Gasteiger partial charge in [0, 0.05) is 18.4 Å². The first-order valence-electron chi connectivity index (χ1n) is 7.22. The van der Waals surface area contributed by atoms with E-state index in [1.165, 1.54) is 12.1 Å². The summed E-state index contributed by atoms with van der Waals surface area (Å²) in [5.41, 5.74) is 2.33. The van der Waals surface area contributed by atoms with Crippen LogP contribution in [0.1, 0.15) is 27.7 Å². The number of nitrogens with zero attached hydrogens (tertiary/aromatic N) is 2. The van der Waals surface area contributed by atoms with E-state index in [4.69, 9.17) is 4.74 Å². The predicted octanol–water partition coefficient (Wildman–Crippen LogP) is 2.74. The molecule has 3 rings (SSSR count). The molecule has 1 amide bonds. The molecule has 114 valence electrons. The molecule has 1 unspecified atom stereocenters. The number of morpholine rings is 1. The van der Waals surface area contributed by atoms with Crippen molar-refractivity contribution < 1.29 is 13.9 Å². The summed E-state index contributed by atoms with van der Waals surface area (Å²) >= 11 is 0. The lowest BCUT2D eigenvalue weighted by atomic mass is 10.1. The van der Waals surface area contributed by atoms with E-state index in [1.54, 1.807) is 29.3 Å². The van der Waals surface area contributed by atoms with E-state index in [1.807, 2.05) is 13.0 Å². The summed E-state index contributed by atoms with van der Waals surface area (Å²) in [6.45, 7) is 3.35. The lowest BCUT2D eigenvalue weighted by Crippen LogP contribution is -2.42. The number of benzene rings is 1. The molecule has 22 heavy (non-hydrogen) atoms. The van der Waals surface area contributed by atoms with E-state index in [2.05, 4.69) is 4.98 Å². The maximum atomic E-state index is 13.0. The summed E-state index contributed by atoms with van der Waals surface area (Å²) in [5, 5.41) is 0. The number of ether oxygens (including phenoxy) is 1. The smallest absolute Gasteiger partial charge is 0.255 e. The number of carbonyl (C=O) groups is 1. The van der Waals surface area contributed by atoms with Gasteiger partial charge in [0.15, 0.2) is 0 Å². The highest BCUT2D eigenvalue weighted by Gasteiger charge is 2.26. The van der Waals surface area contributed by atoms with E-state index >= 15 is 0 Å². The average molecular weight is 300 g/mol. The van der Waals surface area contributed by atoms with Crippen LogP contribution < -0.4 is 0 Å². The van der Waals surface area contributed by atoms with Crippen LogP contribution in [0, 0.1) is 12.7 Å². The third kappa shape index (κ3) is 3.14. The second-order valence-corrected chi connectivity index (χ2v) is 5.35. The van der Waals surface area contributed by atoms with Gasteiger partial charge >= 0.3 is 0 Å². The Morgan fingerprint density at radius 1 is 1.27 bits per heavy atom. The molecule has 0 radical (unpaired) electrons. The van der Waals surface area contributed by atoms with Gasteiger partial charge in [-0.3, -0.25) is 9.78 Å². The quantitative estimate of drug-likeness (QED) is 0.856. The normalized spacial score (nSPS) is 18.3. The van der Waals surface area contributed by atoms with Crippen LogP contribution in [0.2, 0.25) is 0 Å². The van der Waals surface area contributed by atoms with Crippen LogP contribution in [0.25, 0.3) is 0 Å². The molecule has 1 fully saturated rings. The van der Waals surface area contributed by atoms with Gasteiger partial charge in [-0.05, 0) is 36.8 Å². The molecule has 1 aliphatic heterocycles. The Hall–Kier alpha value is -2.27. The zero-order chi connectivity index (χ0) is 15.5. The van der Waals surface area contributed by atoms with Crippen molar-refractivity contribution in [3.8, 4) is 0 Å². The predicted molar refractivity (Wildman–Crippen MR) is 80.0 cm³/mol. The van der Waals surface area contributed by atoms with Crippen molar-refractivity contribution in [2.24, 2.45) is 0 Å². The number of hydrogen-bond donors (Lipinski definition) is 0. The molecule has 0 N–H and O–H groups in total. The highest BCUT2D eigenvalue weighted by molar-refractivity contribution is 5.94. The number of halogens is 1. The lowest BCUT2D eigenvalue weighted by Gasteiger charge is -2.33. The van der Waals surface area contributed by atoms with Gasteiger partial charge in [-0.1, -0.05) is 12.1 Å². The van der Waals surface area contributed by atoms with Gasteiger partial charge in [-0.2, -0.15) is 0 Å². The molecular weight excluding hydrogens is 283 g/mol. The Kier molecular flexibility index (Phi) is 4.15. The maximum absolute atomic E-state index is 13.0. The van der Waals surface area contributed by atoms with Crippen molar-refractivity contribution in [2.45, 2.75) is 13.0 Å². The van der Waals surface area contributed by atoms with Gasteiger partial charge in [0.05, 0.1) is 18.7 Å². The molecule has 2 heterocycles. The van der Waals surface area contributed by atoms with Crippen molar-refractivity contribution in [1.29, 1.82) is 0 Å². The molecule has 1 atom stereocenters. The second kappa shape index (κ2) is 6.23. The fraction of sp³-hybridized carbons (Fsp3) is 0.294. The minimum absolute atomic E-state index is 0.0529. The number of carbonyl (C=O) groups excluding carboxylic acids is 1. The summed E-state index contributed by atoms with van der Waals surface area (Å²) in [6, 6.07) is 9.81. The van der Waals surface area contributed by atoms with E-state index in [-0.39, 0.29) is 17.8 Å². The first-order valence-corrected chi connectivity index (χ1v) is 7.22. The van der Waals surface area contributed by atoms with Crippen LogP contribution >= 0.6 is 0 Å². The molecule has 1 aromatic heterocycles. The van der Waals surface area contributed by atoms with Crippen molar-refractivity contribution >= 4 is 5.91 Å². The number of rotatable bonds is 2. The molecule has 0 aliphatic carbocycles. The van der Waals surface area contributed by atoms with Crippen LogP contribution in [0.4, 0.5) is 4.39 Å². The van der Waals surface area contributed by atoms with Gasteiger partial charge in [0.25, 0.3) is 5.91 Å². The monoisotopic (exact) mass is 300 g/mol. The molecule has 5 heteroatoms. The summed E-state index contributed by atoms with van der Waals surface area (Å²) in [6.07, 6.45) is 1.37. The third-order valence-electron chi connectivity index (χ3n) is 3.75. The Morgan fingerprint density at radius 2 is 2.05 bits per heavy atom. The molecule has 0 spiro atoms. The van der Waals surface area contributed by atoms with E-state index < -0.39 is 0 Å². The van der Waals surface area contributed by atoms with Gasteiger partial charge < -0.3 is 9.64 Å². The zero-order valence-electron chi connectivity index (χ0n) is 12.3. The van der Waals surface area contributed by atoms with Gasteiger partial charge in [0.1, 0.15) is 11.9 Å². The standard InChI is InChI=1S/C17H17FN2O2/c1-12-2-3-14(10-19-12)17(21)20-8-9-22-16(11-20)13-4-6-15(18)7-5-13/h2-7,10,16H,8-9,11H2,1H3. The molecule has 2 aromatic rings. The number of aryl methyl sites for hydroxylation is 1. The largest absolute Gasteiger partial charge is 0.370 e. The average Bonchev–Trinajstić information content (AvgIpc) is 2.56.